The molecule has 0 bridgehead atoms. The number of benzene rings is 1. The number of hydrogen-bond acceptors (Lipinski definition) is 2. The predicted octanol–water partition coefficient (Wildman–Crippen LogP) is 2.89. The van der Waals surface area contributed by atoms with Crippen molar-refractivity contribution in [3.63, 3.8) is 0 Å². The summed E-state index contributed by atoms with van der Waals surface area (Å²) in [7, 11) is 0. The number of aromatic nitrogens is 2. The highest BCUT2D eigenvalue weighted by atomic mass is 35.5. The lowest BCUT2D eigenvalue weighted by Gasteiger charge is -2.04. The van der Waals surface area contributed by atoms with Crippen molar-refractivity contribution in [2.75, 3.05) is 6.54 Å². The Morgan fingerprint density at radius 1 is 1.14 bits per heavy atom. The van der Waals surface area contributed by atoms with Gasteiger partial charge >= 0.3 is 0 Å². The third-order valence-corrected chi connectivity index (χ3v) is 3.61. The molecule has 22 heavy (non-hydrogen) atoms. The van der Waals surface area contributed by atoms with Gasteiger partial charge in [-0.15, -0.1) is 0 Å². The van der Waals surface area contributed by atoms with Crippen molar-refractivity contribution in [1.82, 2.24) is 14.7 Å². The van der Waals surface area contributed by atoms with E-state index >= 15 is 0 Å². The Labute approximate surface area is 133 Å². The minimum absolute atomic E-state index is 0.0227. The van der Waals surface area contributed by atoms with E-state index in [0.29, 0.717) is 11.6 Å². The number of carbonyl (C=O) groups excluding carboxylic acids is 1. The predicted molar refractivity (Wildman–Crippen MR) is 87.1 cm³/mol. The molecule has 2 heterocycles. The fourth-order valence-corrected chi connectivity index (χ4v) is 2.49. The molecule has 0 aliphatic heterocycles. The second kappa shape index (κ2) is 6.62. The van der Waals surface area contributed by atoms with E-state index in [1.165, 1.54) is 5.56 Å². The summed E-state index contributed by atoms with van der Waals surface area (Å²) in [6.45, 7) is 0.627. The summed E-state index contributed by atoms with van der Waals surface area (Å²) in [5.41, 5.74) is 2.74. The van der Waals surface area contributed by atoms with E-state index in [-0.39, 0.29) is 12.3 Å². The molecule has 4 nitrogen and oxygen atoms in total. The summed E-state index contributed by atoms with van der Waals surface area (Å²) in [4.78, 5) is 16.4. The van der Waals surface area contributed by atoms with Gasteiger partial charge in [0.05, 0.1) is 17.1 Å². The molecule has 2 aromatic heterocycles. The Morgan fingerprint density at radius 3 is 2.77 bits per heavy atom. The largest absolute Gasteiger partial charge is 0.355 e. The summed E-state index contributed by atoms with van der Waals surface area (Å²) >= 11 is 5.93. The van der Waals surface area contributed by atoms with Crippen LogP contribution < -0.4 is 5.32 Å². The number of nitrogens with one attached hydrogen (secondary N) is 1. The zero-order valence-electron chi connectivity index (χ0n) is 12.0. The first-order valence-corrected chi connectivity index (χ1v) is 7.52. The SMILES string of the molecule is O=C(Cc1cn2cc(Cl)ccc2n1)NCCc1ccccc1. The van der Waals surface area contributed by atoms with Crippen LogP contribution in [0.3, 0.4) is 0 Å². The minimum atomic E-state index is -0.0227. The van der Waals surface area contributed by atoms with Crippen LogP contribution in [0, 0.1) is 0 Å². The van der Waals surface area contributed by atoms with E-state index in [2.05, 4.69) is 22.4 Å². The lowest BCUT2D eigenvalue weighted by molar-refractivity contribution is -0.120. The average molecular weight is 314 g/mol. The van der Waals surface area contributed by atoms with Gasteiger partial charge in [-0.2, -0.15) is 0 Å². The summed E-state index contributed by atoms with van der Waals surface area (Å²) in [6.07, 6.45) is 4.71. The minimum Gasteiger partial charge on any atom is -0.355 e. The zero-order valence-corrected chi connectivity index (χ0v) is 12.8. The molecular weight excluding hydrogens is 298 g/mol. The van der Waals surface area contributed by atoms with Gasteiger partial charge in [0.2, 0.25) is 5.91 Å². The van der Waals surface area contributed by atoms with Gasteiger partial charge in [0, 0.05) is 18.9 Å². The lowest BCUT2D eigenvalue weighted by Crippen LogP contribution is -2.27. The molecule has 0 fully saturated rings. The molecule has 0 radical (unpaired) electrons. The third kappa shape index (κ3) is 3.65. The molecule has 1 amide bonds. The standard InChI is InChI=1S/C17H16ClN3O/c18-14-6-7-16-20-15(12-21(16)11-14)10-17(22)19-9-8-13-4-2-1-3-5-13/h1-7,11-12H,8-10H2,(H,19,22). The molecule has 1 aromatic carbocycles. The molecule has 0 aliphatic carbocycles. The number of rotatable bonds is 5. The number of fused-ring (bicyclic) bond motifs is 1. The van der Waals surface area contributed by atoms with E-state index in [1.54, 1.807) is 12.3 Å². The van der Waals surface area contributed by atoms with Crippen LogP contribution in [-0.2, 0) is 17.6 Å². The molecule has 0 saturated heterocycles. The molecule has 0 atom stereocenters. The molecule has 1 N–H and O–H groups in total. The summed E-state index contributed by atoms with van der Waals surface area (Å²) in [6, 6.07) is 13.7. The van der Waals surface area contributed by atoms with Crippen LogP contribution in [-0.4, -0.2) is 21.8 Å². The maximum absolute atomic E-state index is 12.0. The zero-order chi connectivity index (χ0) is 15.4. The van der Waals surface area contributed by atoms with Gasteiger partial charge in [-0.1, -0.05) is 41.9 Å². The van der Waals surface area contributed by atoms with Gasteiger partial charge in [-0.3, -0.25) is 4.79 Å². The Morgan fingerprint density at radius 2 is 1.95 bits per heavy atom. The van der Waals surface area contributed by atoms with Crippen molar-refractivity contribution >= 4 is 23.2 Å². The monoisotopic (exact) mass is 313 g/mol. The van der Waals surface area contributed by atoms with E-state index in [9.17, 15) is 4.79 Å². The van der Waals surface area contributed by atoms with Crippen molar-refractivity contribution in [3.05, 3.63) is 71.1 Å². The van der Waals surface area contributed by atoms with Crippen LogP contribution in [0.15, 0.2) is 54.9 Å². The smallest absolute Gasteiger partial charge is 0.226 e. The fourth-order valence-electron chi connectivity index (χ4n) is 2.32. The first-order valence-electron chi connectivity index (χ1n) is 7.14. The van der Waals surface area contributed by atoms with Crippen molar-refractivity contribution in [3.8, 4) is 0 Å². The number of carbonyl (C=O) groups is 1. The second-order valence-corrected chi connectivity index (χ2v) is 5.54. The number of hydrogen-bond donors (Lipinski definition) is 1. The lowest BCUT2D eigenvalue weighted by atomic mass is 10.1. The molecule has 0 saturated carbocycles. The van der Waals surface area contributed by atoms with Gasteiger partial charge in [0.25, 0.3) is 0 Å². The van der Waals surface area contributed by atoms with Crippen LogP contribution >= 0.6 is 11.6 Å². The maximum atomic E-state index is 12.0. The van der Waals surface area contributed by atoms with E-state index in [4.69, 9.17) is 11.6 Å². The summed E-state index contributed by atoms with van der Waals surface area (Å²) in [5, 5.41) is 3.56. The first kappa shape index (κ1) is 14.6. The third-order valence-electron chi connectivity index (χ3n) is 3.39. The van der Waals surface area contributed by atoms with Crippen molar-refractivity contribution in [2.24, 2.45) is 0 Å². The maximum Gasteiger partial charge on any atom is 0.226 e. The quantitative estimate of drug-likeness (QED) is 0.787. The van der Waals surface area contributed by atoms with Gasteiger partial charge in [0.1, 0.15) is 5.65 Å². The van der Waals surface area contributed by atoms with Gasteiger partial charge < -0.3 is 9.72 Å². The van der Waals surface area contributed by atoms with Crippen molar-refractivity contribution in [2.45, 2.75) is 12.8 Å². The Hall–Kier alpha value is -2.33. The Balaban J connectivity index is 1.54. The molecule has 5 heteroatoms. The van der Waals surface area contributed by atoms with E-state index < -0.39 is 0 Å². The van der Waals surface area contributed by atoms with Crippen LogP contribution in [0.1, 0.15) is 11.3 Å². The van der Waals surface area contributed by atoms with Crippen LogP contribution in [0.4, 0.5) is 0 Å². The first-order chi connectivity index (χ1) is 10.7. The molecular formula is C17H16ClN3O. The normalized spacial score (nSPS) is 10.8. The number of halogens is 1. The number of pyridine rings is 1. The van der Waals surface area contributed by atoms with Gasteiger partial charge in [0.15, 0.2) is 0 Å². The highest BCUT2D eigenvalue weighted by Gasteiger charge is 2.07. The fraction of sp³-hybridized carbons (Fsp3) is 0.176. The van der Waals surface area contributed by atoms with Gasteiger partial charge in [-0.05, 0) is 24.1 Å². The number of nitrogens with zero attached hydrogens (tertiary/aromatic N) is 2. The van der Waals surface area contributed by atoms with Gasteiger partial charge in [-0.25, -0.2) is 4.98 Å². The van der Waals surface area contributed by atoms with E-state index in [0.717, 1.165) is 17.8 Å². The molecule has 3 aromatic rings. The summed E-state index contributed by atoms with van der Waals surface area (Å²) in [5.74, 6) is -0.0227. The number of imidazole rings is 1. The number of amides is 1. The second-order valence-electron chi connectivity index (χ2n) is 5.11. The van der Waals surface area contributed by atoms with Crippen molar-refractivity contribution < 1.29 is 4.79 Å². The highest BCUT2D eigenvalue weighted by Crippen LogP contribution is 2.12. The molecule has 0 spiro atoms. The van der Waals surface area contributed by atoms with Crippen LogP contribution in [0.25, 0.3) is 5.65 Å². The van der Waals surface area contributed by atoms with Crippen LogP contribution in [0.5, 0.6) is 0 Å². The molecule has 0 aliphatic rings. The van der Waals surface area contributed by atoms with E-state index in [1.807, 2.05) is 34.9 Å². The molecule has 112 valence electrons. The Kier molecular flexibility index (Phi) is 4.39. The topological polar surface area (TPSA) is 46.4 Å². The Bertz CT molecular complexity index is 783. The molecule has 0 unspecified atom stereocenters. The van der Waals surface area contributed by atoms with Crippen molar-refractivity contribution in [1.29, 1.82) is 0 Å². The summed E-state index contributed by atoms with van der Waals surface area (Å²) < 4.78 is 1.83. The van der Waals surface area contributed by atoms with Crippen LogP contribution in [0.2, 0.25) is 5.02 Å². The molecule has 3 rings (SSSR count). The highest BCUT2D eigenvalue weighted by molar-refractivity contribution is 6.30. The average Bonchev–Trinajstić information content (AvgIpc) is 2.89.